The number of hydrogen-bond acceptors (Lipinski definition) is 3. The average Bonchev–Trinajstić information content (AvgIpc) is 2.37. The van der Waals surface area contributed by atoms with Crippen molar-refractivity contribution in [3.63, 3.8) is 0 Å². The number of rotatable bonds is 3. The van der Waals surface area contributed by atoms with Gasteiger partial charge in [0.1, 0.15) is 0 Å². The molecule has 5 heteroatoms. The summed E-state index contributed by atoms with van der Waals surface area (Å²) in [5.41, 5.74) is 0. The van der Waals surface area contributed by atoms with Crippen molar-refractivity contribution in [2.75, 3.05) is 28.2 Å². The van der Waals surface area contributed by atoms with Gasteiger partial charge < -0.3 is 0 Å². The minimum absolute atomic E-state index is 0.465. The molecular formula is C7H15N4P. The number of hydrogen-bond donors (Lipinski definition) is 0. The lowest BCUT2D eigenvalue weighted by atomic mass is 10.8. The third-order valence-corrected chi connectivity index (χ3v) is 3.42. The topological polar surface area (TPSA) is 24.3 Å². The largest absolute Gasteiger partial charge is 0.257 e. The Labute approximate surface area is 74.7 Å². The van der Waals surface area contributed by atoms with E-state index >= 15 is 0 Å². The second-order valence-electron chi connectivity index (χ2n) is 2.89. The normalized spacial score (nSPS) is 11.9. The maximum absolute atomic E-state index is 4.22. The van der Waals surface area contributed by atoms with E-state index in [1.807, 2.05) is 22.9 Å². The molecule has 1 aromatic rings. The molecule has 0 aliphatic heterocycles. The quantitative estimate of drug-likeness (QED) is 0.660. The molecule has 1 rings (SSSR count). The Bertz CT molecular complexity index is 211. The van der Waals surface area contributed by atoms with Crippen LogP contribution in [-0.4, -0.2) is 47.1 Å². The Morgan fingerprint density at radius 3 is 2.08 bits per heavy atom. The van der Waals surface area contributed by atoms with E-state index in [1.54, 1.807) is 0 Å². The van der Waals surface area contributed by atoms with Gasteiger partial charge in [-0.15, -0.1) is 0 Å². The van der Waals surface area contributed by atoms with Gasteiger partial charge in [-0.3, -0.25) is 9.34 Å². The fourth-order valence-corrected chi connectivity index (χ4v) is 2.89. The molecule has 12 heavy (non-hydrogen) atoms. The first-order valence-corrected chi connectivity index (χ1v) is 4.97. The summed E-state index contributed by atoms with van der Waals surface area (Å²) < 4.78 is 6.32. The molecule has 0 fully saturated rings. The van der Waals surface area contributed by atoms with Gasteiger partial charge in [0.2, 0.25) is 0 Å². The minimum Gasteiger partial charge on any atom is -0.257 e. The van der Waals surface area contributed by atoms with Crippen LogP contribution < -0.4 is 0 Å². The van der Waals surface area contributed by atoms with Gasteiger partial charge in [-0.2, -0.15) is 5.10 Å². The summed E-state index contributed by atoms with van der Waals surface area (Å²) in [4.78, 5) is 0. The van der Waals surface area contributed by atoms with Gasteiger partial charge in [0.25, 0.3) is 0 Å². The van der Waals surface area contributed by atoms with Crippen LogP contribution in [0.25, 0.3) is 0 Å². The van der Waals surface area contributed by atoms with E-state index in [0.29, 0.717) is 0 Å². The zero-order chi connectivity index (χ0) is 9.14. The smallest absolute Gasteiger partial charge is 0.169 e. The van der Waals surface area contributed by atoms with Gasteiger partial charge in [0.05, 0.1) is 0 Å². The lowest BCUT2D eigenvalue weighted by Gasteiger charge is -2.28. The van der Waals surface area contributed by atoms with Crippen LogP contribution in [0.1, 0.15) is 0 Å². The lowest BCUT2D eigenvalue weighted by Crippen LogP contribution is -2.21. The fraction of sp³-hybridized carbons (Fsp3) is 0.571. The summed E-state index contributed by atoms with van der Waals surface area (Å²) >= 11 is 0. The molecule has 4 nitrogen and oxygen atoms in total. The van der Waals surface area contributed by atoms with Crippen LogP contribution in [0.2, 0.25) is 0 Å². The second-order valence-corrected chi connectivity index (χ2v) is 5.44. The van der Waals surface area contributed by atoms with E-state index in [-0.39, 0.29) is 0 Å². The summed E-state index contributed by atoms with van der Waals surface area (Å²) in [5.74, 6) is 0. The van der Waals surface area contributed by atoms with E-state index in [2.05, 4.69) is 42.6 Å². The third kappa shape index (κ3) is 2.03. The Balaban J connectivity index is 2.81. The molecular weight excluding hydrogens is 171 g/mol. The summed E-state index contributed by atoms with van der Waals surface area (Å²) in [7, 11) is 7.79. The Morgan fingerprint density at radius 2 is 1.75 bits per heavy atom. The van der Waals surface area contributed by atoms with Gasteiger partial charge in [0, 0.05) is 12.4 Å². The highest BCUT2D eigenvalue weighted by Crippen LogP contribution is 2.39. The van der Waals surface area contributed by atoms with Crippen LogP contribution in [-0.2, 0) is 0 Å². The average molecular weight is 186 g/mol. The molecule has 0 aliphatic carbocycles. The van der Waals surface area contributed by atoms with Crippen LogP contribution in [0.5, 0.6) is 0 Å². The molecule has 0 radical (unpaired) electrons. The second kappa shape index (κ2) is 3.99. The SMILES string of the molecule is CN(C)P(N(C)C)n1cccn1. The molecule has 0 atom stereocenters. The van der Waals surface area contributed by atoms with Crippen molar-refractivity contribution in [3.8, 4) is 0 Å². The Morgan fingerprint density at radius 1 is 1.17 bits per heavy atom. The molecule has 0 bridgehead atoms. The highest BCUT2D eigenvalue weighted by atomic mass is 31.2. The first kappa shape index (κ1) is 9.65. The summed E-state index contributed by atoms with van der Waals surface area (Å²) in [6.45, 7) is 0. The molecule has 0 aromatic carbocycles. The van der Waals surface area contributed by atoms with Crippen LogP contribution >= 0.6 is 8.37 Å². The standard InChI is InChI=1S/C7H15N4P/c1-9(2)12(10(3)4)11-7-5-6-8-11/h5-7H,1-4H3. The van der Waals surface area contributed by atoms with E-state index in [4.69, 9.17) is 0 Å². The molecule has 0 saturated carbocycles. The number of nitrogens with zero attached hydrogens (tertiary/aromatic N) is 4. The highest BCUT2D eigenvalue weighted by Gasteiger charge is 2.16. The van der Waals surface area contributed by atoms with Crippen molar-refractivity contribution < 1.29 is 0 Å². The van der Waals surface area contributed by atoms with E-state index < -0.39 is 8.37 Å². The Hall–Kier alpha value is -0.440. The zero-order valence-electron chi connectivity index (χ0n) is 7.97. The van der Waals surface area contributed by atoms with Gasteiger partial charge in [-0.05, 0) is 34.3 Å². The Kier molecular flexibility index (Phi) is 3.20. The molecule has 0 aliphatic rings. The molecule has 0 saturated heterocycles. The summed E-state index contributed by atoms with van der Waals surface area (Å²) in [6.07, 6.45) is 3.80. The van der Waals surface area contributed by atoms with Crippen molar-refractivity contribution in [2.24, 2.45) is 0 Å². The minimum atomic E-state index is -0.465. The molecule has 0 amide bonds. The fourth-order valence-electron chi connectivity index (χ4n) is 1.09. The molecule has 0 unspecified atom stereocenters. The predicted octanol–water partition coefficient (Wildman–Crippen LogP) is 1.08. The lowest BCUT2D eigenvalue weighted by molar-refractivity contribution is 0.553. The summed E-state index contributed by atoms with van der Waals surface area (Å²) in [5, 5.41) is 4.22. The molecule has 1 aromatic heterocycles. The van der Waals surface area contributed by atoms with Gasteiger partial charge in [-0.1, -0.05) is 0 Å². The first-order chi connectivity index (χ1) is 5.63. The van der Waals surface area contributed by atoms with Crippen molar-refractivity contribution in [1.29, 1.82) is 0 Å². The number of aromatic nitrogens is 2. The maximum Gasteiger partial charge on any atom is 0.169 e. The van der Waals surface area contributed by atoms with Gasteiger partial charge >= 0.3 is 0 Å². The van der Waals surface area contributed by atoms with Gasteiger partial charge in [-0.25, -0.2) is 4.45 Å². The maximum atomic E-state index is 4.22. The van der Waals surface area contributed by atoms with E-state index in [0.717, 1.165) is 0 Å². The predicted molar refractivity (Wildman–Crippen MR) is 51.9 cm³/mol. The van der Waals surface area contributed by atoms with Gasteiger partial charge in [0.15, 0.2) is 8.37 Å². The third-order valence-electron chi connectivity index (χ3n) is 1.39. The van der Waals surface area contributed by atoms with Crippen molar-refractivity contribution >= 4 is 8.37 Å². The van der Waals surface area contributed by atoms with Crippen LogP contribution in [0.3, 0.4) is 0 Å². The first-order valence-electron chi connectivity index (χ1n) is 3.77. The van der Waals surface area contributed by atoms with Crippen molar-refractivity contribution in [2.45, 2.75) is 0 Å². The van der Waals surface area contributed by atoms with E-state index in [9.17, 15) is 0 Å². The van der Waals surface area contributed by atoms with E-state index in [1.165, 1.54) is 0 Å². The van der Waals surface area contributed by atoms with Crippen LogP contribution in [0.4, 0.5) is 0 Å². The molecule has 68 valence electrons. The van der Waals surface area contributed by atoms with Crippen molar-refractivity contribution in [1.82, 2.24) is 18.9 Å². The zero-order valence-corrected chi connectivity index (χ0v) is 8.86. The molecule has 0 spiro atoms. The van der Waals surface area contributed by atoms with Crippen LogP contribution in [0.15, 0.2) is 18.5 Å². The van der Waals surface area contributed by atoms with Crippen LogP contribution in [0, 0.1) is 0 Å². The molecule has 1 heterocycles. The highest BCUT2D eigenvalue weighted by molar-refractivity contribution is 7.50. The monoisotopic (exact) mass is 186 g/mol. The summed E-state index contributed by atoms with van der Waals surface area (Å²) in [6, 6.07) is 1.95. The van der Waals surface area contributed by atoms with Crippen molar-refractivity contribution in [3.05, 3.63) is 18.5 Å². The molecule has 0 N–H and O–H groups in total.